The predicted octanol–water partition coefficient (Wildman–Crippen LogP) is 3.23. The van der Waals surface area contributed by atoms with Gasteiger partial charge >= 0.3 is 12.2 Å². The topological polar surface area (TPSA) is 61.4 Å². The van der Waals surface area contributed by atoms with E-state index in [2.05, 4.69) is 10.6 Å². The highest BCUT2D eigenvalue weighted by atomic mass is 19.4. The Morgan fingerprint density at radius 1 is 1.25 bits per heavy atom. The molecule has 132 valence electrons. The van der Waals surface area contributed by atoms with Crippen molar-refractivity contribution in [2.24, 2.45) is 0 Å². The van der Waals surface area contributed by atoms with Crippen LogP contribution in [0.5, 0.6) is 0 Å². The summed E-state index contributed by atoms with van der Waals surface area (Å²) in [6.45, 7) is 2.69. The van der Waals surface area contributed by atoms with Crippen molar-refractivity contribution in [3.05, 3.63) is 29.8 Å². The number of urea groups is 1. The number of likely N-dealkylation sites (tertiary alicyclic amines) is 1. The molecule has 3 amide bonds. The lowest BCUT2D eigenvalue weighted by atomic mass is 10.1. The Bertz CT molecular complexity index is 587. The third-order valence-electron chi connectivity index (χ3n) is 3.86. The first-order valence-corrected chi connectivity index (χ1v) is 7.82. The number of anilines is 1. The second-order valence-electron chi connectivity index (χ2n) is 5.71. The molecule has 0 bridgehead atoms. The van der Waals surface area contributed by atoms with Crippen molar-refractivity contribution in [2.45, 2.75) is 38.4 Å². The number of amides is 3. The van der Waals surface area contributed by atoms with Gasteiger partial charge in [0.15, 0.2) is 0 Å². The van der Waals surface area contributed by atoms with E-state index in [1.807, 2.05) is 0 Å². The minimum absolute atomic E-state index is 0.0648. The molecule has 1 aliphatic heterocycles. The van der Waals surface area contributed by atoms with Crippen LogP contribution in [0.25, 0.3) is 0 Å². The van der Waals surface area contributed by atoms with E-state index in [1.165, 1.54) is 12.1 Å². The lowest BCUT2D eigenvalue weighted by Gasteiger charge is -2.33. The maximum Gasteiger partial charge on any atom is 0.416 e. The average molecular weight is 343 g/mol. The molecular formula is C16H20F3N3O2. The van der Waals surface area contributed by atoms with Gasteiger partial charge in [-0.05, 0) is 37.1 Å². The van der Waals surface area contributed by atoms with Gasteiger partial charge in [-0.15, -0.1) is 0 Å². The van der Waals surface area contributed by atoms with Crippen LogP contribution in [0, 0.1) is 0 Å². The molecule has 1 atom stereocenters. The molecule has 2 N–H and O–H groups in total. The minimum atomic E-state index is -4.40. The van der Waals surface area contributed by atoms with Crippen molar-refractivity contribution < 1.29 is 22.8 Å². The SMILES string of the molecule is CCC(=O)NC1CCCN(C(=O)Nc2ccc(C(F)(F)F)cc2)C1. The molecule has 0 saturated carbocycles. The minimum Gasteiger partial charge on any atom is -0.352 e. The van der Waals surface area contributed by atoms with Gasteiger partial charge in [-0.3, -0.25) is 4.79 Å². The Morgan fingerprint density at radius 3 is 2.50 bits per heavy atom. The van der Waals surface area contributed by atoms with Crippen LogP contribution >= 0.6 is 0 Å². The largest absolute Gasteiger partial charge is 0.416 e. The number of rotatable bonds is 3. The van der Waals surface area contributed by atoms with Gasteiger partial charge in [-0.1, -0.05) is 6.92 Å². The number of piperidine rings is 1. The fourth-order valence-corrected chi connectivity index (χ4v) is 2.55. The van der Waals surface area contributed by atoms with Crippen LogP contribution in [0.1, 0.15) is 31.7 Å². The lowest BCUT2D eigenvalue weighted by Crippen LogP contribution is -2.50. The molecule has 1 unspecified atom stereocenters. The zero-order valence-corrected chi connectivity index (χ0v) is 13.3. The van der Waals surface area contributed by atoms with Gasteiger partial charge in [0.25, 0.3) is 0 Å². The van der Waals surface area contributed by atoms with Crippen molar-refractivity contribution in [1.29, 1.82) is 0 Å². The van der Waals surface area contributed by atoms with E-state index in [4.69, 9.17) is 0 Å². The quantitative estimate of drug-likeness (QED) is 0.885. The molecule has 1 saturated heterocycles. The number of hydrogen-bond donors (Lipinski definition) is 2. The number of nitrogens with one attached hydrogen (secondary N) is 2. The Balaban J connectivity index is 1.93. The van der Waals surface area contributed by atoms with Crippen molar-refractivity contribution in [2.75, 3.05) is 18.4 Å². The fourth-order valence-electron chi connectivity index (χ4n) is 2.55. The second kappa shape index (κ2) is 7.55. The number of alkyl halides is 3. The Labute approximate surface area is 138 Å². The summed E-state index contributed by atoms with van der Waals surface area (Å²) in [5.74, 6) is -0.0648. The zero-order valence-electron chi connectivity index (χ0n) is 13.3. The average Bonchev–Trinajstić information content (AvgIpc) is 2.54. The Kier molecular flexibility index (Phi) is 5.69. The van der Waals surface area contributed by atoms with Gasteiger partial charge < -0.3 is 15.5 Å². The standard InChI is InChI=1S/C16H20F3N3O2/c1-2-14(23)20-13-4-3-9-22(10-13)15(24)21-12-7-5-11(6-8-12)16(17,18)19/h5-8,13H,2-4,9-10H2,1H3,(H,20,23)(H,21,24). The van der Waals surface area contributed by atoms with Gasteiger partial charge in [0.2, 0.25) is 5.91 Å². The molecule has 0 radical (unpaired) electrons. The molecule has 5 nitrogen and oxygen atoms in total. The third kappa shape index (κ3) is 4.87. The molecule has 1 fully saturated rings. The molecule has 0 aromatic heterocycles. The highest BCUT2D eigenvalue weighted by Gasteiger charge is 2.30. The number of hydrogen-bond acceptors (Lipinski definition) is 2. The molecule has 0 spiro atoms. The van der Waals surface area contributed by atoms with Crippen molar-refractivity contribution in [1.82, 2.24) is 10.2 Å². The molecule has 1 aromatic rings. The predicted molar refractivity (Wildman–Crippen MR) is 83.5 cm³/mol. The van der Waals surface area contributed by atoms with Crippen LogP contribution in [0.2, 0.25) is 0 Å². The third-order valence-corrected chi connectivity index (χ3v) is 3.86. The van der Waals surface area contributed by atoms with E-state index in [1.54, 1.807) is 11.8 Å². The molecule has 1 aromatic carbocycles. The van der Waals surface area contributed by atoms with Crippen LogP contribution < -0.4 is 10.6 Å². The van der Waals surface area contributed by atoms with Crippen LogP contribution in [-0.4, -0.2) is 36.0 Å². The highest BCUT2D eigenvalue weighted by Crippen LogP contribution is 2.29. The smallest absolute Gasteiger partial charge is 0.352 e. The molecule has 8 heteroatoms. The maximum absolute atomic E-state index is 12.5. The summed E-state index contributed by atoms with van der Waals surface area (Å²) in [4.78, 5) is 25.2. The van der Waals surface area contributed by atoms with Crippen LogP contribution in [-0.2, 0) is 11.0 Å². The summed E-state index contributed by atoms with van der Waals surface area (Å²) in [7, 11) is 0. The van der Waals surface area contributed by atoms with E-state index in [0.29, 0.717) is 25.2 Å². The zero-order chi connectivity index (χ0) is 17.7. The van der Waals surface area contributed by atoms with Crippen LogP contribution in [0.3, 0.4) is 0 Å². The Hall–Kier alpha value is -2.25. The molecular weight excluding hydrogens is 323 g/mol. The first-order valence-electron chi connectivity index (χ1n) is 7.82. The maximum atomic E-state index is 12.5. The van der Waals surface area contributed by atoms with E-state index in [-0.39, 0.29) is 18.0 Å². The van der Waals surface area contributed by atoms with Gasteiger partial charge in [-0.25, -0.2) is 4.79 Å². The molecule has 2 rings (SSSR count). The van der Waals surface area contributed by atoms with E-state index in [9.17, 15) is 22.8 Å². The van der Waals surface area contributed by atoms with Gasteiger partial charge in [0, 0.05) is 31.2 Å². The van der Waals surface area contributed by atoms with Gasteiger partial charge in [0.05, 0.1) is 5.56 Å². The molecule has 1 aliphatic rings. The van der Waals surface area contributed by atoms with Crippen molar-refractivity contribution in [3.8, 4) is 0 Å². The monoisotopic (exact) mass is 343 g/mol. The number of benzene rings is 1. The van der Waals surface area contributed by atoms with Gasteiger partial charge in [-0.2, -0.15) is 13.2 Å². The summed E-state index contributed by atoms with van der Waals surface area (Å²) >= 11 is 0. The summed E-state index contributed by atoms with van der Waals surface area (Å²) < 4.78 is 37.6. The number of nitrogens with zero attached hydrogens (tertiary/aromatic N) is 1. The first-order chi connectivity index (χ1) is 11.3. The summed E-state index contributed by atoms with van der Waals surface area (Å²) in [6.07, 6.45) is -2.46. The van der Waals surface area contributed by atoms with E-state index >= 15 is 0 Å². The van der Waals surface area contributed by atoms with Crippen molar-refractivity contribution >= 4 is 17.6 Å². The van der Waals surface area contributed by atoms with Crippen molar-refractivity contribution in [3.63, 3.8) is 0 Å². The Morgan fingerprint density at radius 2 is 1.92 bits per heavy atom. The normalized spacial score (nSPS) is 18.2. The fraction of sp³-hybridized carbons (Fsp3) is 0.500. The number of halogens is 3. The van der Waals surface area contributed by atoms with Crippen LogP contribution in [0.15, 0.2) is 24.3 Å². The number of carbonyl (C=O) groups excluding carboxylic acids is 2. The number of carbonyl (C=O) groups is 2. The molecule has 24 heavy (non-hydrogen) atoms. The molecule has 0 aliphatic carbocycles. The molecule has 1 heterocycles. The van der Waals surface area contributed by atoms with Crippen LogP contribution in [0.4, 0.5) is 23.7 Å². The van der Waals surface area contributed by atoms with E-state index < -0.39 is 11.7 Å². The van der Waals surface area contributed by atoms with Gasteiger partial charge in [0.1, 0.15) is 0 Å². The summed E-state index contributed by atoms with van der Waals surface area (Å²) in [6, 6.07) is 3.82. The summed E-state index contributed by atoms with van der Waals surface area (Å²) in [5.41, 5.74) is -0.464. The summed E-state index contributed by atoms with van der Waals surface area (Å²) in [5, 5.41) is 5.44. The second-order valence-corrected chi connectivity index (χ2v) is 5.71. The van der Waals surface area contributed by atoms with E-state index in [0.717, 1.165) is 25.0 Å². The highest BCUT2D eigenvalue weighted by molar-refractivity contribution is 5.89. The lowest BCUT2D eigenvalue weighted by molar-refractivity contribution is -0.137. The first kappa shape index (κ1) is 18.1.